The van der Waals surface area contributed by atoms with Crippen LogP contribution in [0.5, 0.6) is 0 Å². The van der Waals surface area contributed by atoms with Crippen LogP contribution in [0.15, 0.2) is 42.5 Å². The molecule has 3 nitrogen and oxygen atoms in total. The lowest BCUT2D eigenvalue weighted by atomic mass is 9.84. The van der Waals surface area contributed by atoms with Gasteiger partial charge in [0.2, 0.25) is 5.91 Å². The molecule has 134 valence electrons. The van der Waals surface area contributed by atoms with E-state index in [-0.39, 0.29) is 18.3 Å². The number of piperidine rings is 1. The molecule has 0 radical (unpaired) electrons. The van der Waals surface area contributed by atoms with Crippen molar-refractivity contribution in [1.29, 1.82) is 0 Å². The van der Waals surface area contributed by atoms with Gasteiger partial charge in [0.25, 0.3) is 0 Å². The molecule has 0 spiro atoms. The number of nitrogens with one attached hydrogen (secondary N) is 1. The predicted molar refractivity (Wildman–Crippen MR) is 105 cm³/mol. The number of rotatable bonds is 3. The van der Waals surface area contributed by atoms with Crippen LogP contribution in [0.1, 0.15) is 31.2 Å². The van der Waals surface area contributed by atoms with Crippen LogP contribution >= 0.6 is 12.4 Å². The van der Waals surface area contributed by atoms with Crippen molar-refractivity contribution in [2.24, 2.45) is 11.8 Å². The fraction of sp³-hybridized carbons (Fsp3) is 0.476. The second kappa shape index (κ2) is 7.76. The van der Waals surface area contributed by atoms with Crippen LogP contribution in [0.3, 0.4) is 0 Å². The fourth-order valence-electron chi connectivity index (χ4n) is 4.17. The average Bonchev–Trinajstić information content (AvgIpc) is 2.59. The molecular weight excluding hydrogens is 332 g/mol. The maximum Gasteiger partial charge on any atom is 0.225 e. The first kappa shape index (κ1) is 18.2. The predicted octanol–water partition coefficient (Wildman–Crippen LogP) is 3.82. The third-order valence-electron chi connectivity index (χ3n) is 5.98. The van der Waals surface area contributed by atoms with Gasteiger partial charge in [0.05, 0.1) is 0 Å². The van der Waals surface area contributed by atoms with Gasteiger partial charge >= 0.3 is 0 Å². The largest absolute Gasteiger partial charge is 0.342 e. The molecule has 4 heteroatoms. The average molecular weight is 359 g/mol. The number of nitrogens with zero attached hydrogens (tertiary/aromatic N) is 1. The fourth-order valence-corrected chi connectivity index (χ4v) is 4.17. The van der Waals surface area contributed by atoms with Crippen molar-refractivity contribution in [3.63, 3.8) is 0 Å². The van der Waals surface area contributed by atoms with Gasteiger partial charge in [-0.1, -0.05) is 49.4 Å². The van der Waals surface area contributed by atoms with E-state index in [1.165, 1.54) is 16.3 Å². The molecule has 1 atom stereocenters. The number of carbonyl (C=O) groups is 1. The van der Waals surface area contributed by atoms with Crippen molar-refractivity contribution in [2.75, 3.05) is 26.2 Å². The summed E-state index contributed by atoms with van der Waals surface area (Å²) < 4.78 is 0. The first-order chi connectivity index (χ1) is 11.7. The highest BCUT2D eigenvalue weighted by atomic mass is 35.5. The zero-order valence-electron chi connectivity index (χ0n) is 14.8. The van der Waals surface area contributed by atoms with E-state index in [0.717, 1.165) is 39.0 Å². The Morgan fingerprint density at radius 2 is 1.76 bits per heavy atom. The minimum Gasteiger partial charge on any atom is -0.342 e. The van der Waals surface area contributed by atoms with Crippen molar-refractivity contribution in [3.05, 3.63) is 48.0 Å². The smallest absolute Gasteiger partial charge is 0.225 e. The third-order valence-corrected chi connectivity index (χ3v) is 5.98. The van der Waals surface area contributed by atoms with E-state index in [0.29, 0.717) is 17.7 Å². The molecule has 4 rings (SSSR count). The number of hydrogen-bond donors (Lipinski definition) is 1. The minimum absolute atomic E-state index is 0. The number of halogens is 1. The number of carbonyl (C=O) groups excluding carboxylic acids is 1. The molecule has 2 aliphatic rings. The van der Waals surface area contributed by atoms with Crippen molar-refractivity contribution >= 4 is 29.1 Å². The maximum absolute atomic E-state index is 12.7. The summed E-state index contributed by atoms with van der Waals surface area (Å²) in [5.41, 5.74) is 1.46. The Kier molecular flexibility index (Phi) is 5.65. The van der Waals surface area contributed by atoms with Crippen molar-refractivity contribution in [1.82, 2.24) is 10.2 Å². The van der Waals surface area contributed by atoms with Gasteiger partial charge in [-0.05, 0) is 54.1 Å². The van der Waals surface area contributed by atoms with Crippen LogP contribution in [0.25, 0.3) is 10.8 Å². The summed E-state index contributed by atoms with van der Waals surface area (Å²) in [6.07, 6.45) is 2.16. The van der Waals surface area contributed by atoms with Gasteiger partial charge in [-0.25, -0.2) is 0 Å². The summed E-state index contributed by atoms with van der Waals surface area (Å²) in [5.74, 6) is 1.63. The molecule has 0 aromatic heterocycles. The molecular formula is C21H27ClN2O. The zero-order valence-corrected chi connectivity index (χ0v) is 15.6. The quantitative estimate of drug-likeness (QED) is 0.904. The summed E-state index contributed by atoms with van der Waals surface area (Å²) in [4.78, 5) is 14.8. The lowest BCUT2D eigenvalue weighted by molar-refractivity contribution is -0.138. The molecule has 0 saturated carbocycles. The van der Waals surface area contributed by atoms with E-state index in [9.17, 15) is 4.79 Å². The van der Waals surface area contributed by atoms with Crippen LogP contribution in [0, 0.1) is 11.8 Å². The summed E-state index contributed by atoms with van der Waals surface area (Å²) in [6, 6.07) is 15.3. The SMILES string of the molecule is CC(C(=O)N1CCC(c2cccc3ccccc23)CC1)C1CNC1.Cl. The Bertz CT molecular complexity index is 730. The van der Waals surface area contributed by atoms with E-state index in [2.05, 4.69) is 59.6 Å². The van der Waals surface area contributed by atoms with E-state index in [1.807, 2.05) is 0 Å². The van der Waals surface area contributed by atoms with Gasteiger partial charge in [-0.2, -0.15) is 0 Å². The van der Waals surface area contributed by atoms with Crippen LogP contribution in [0.2, 0.25) is 0 Å². The molecule has 2 aliphatic heterocycles. The molecule has 25 heavy (non-hydrogen) atoms. The number of benzene rings is 2. The van der Waals surface area contributed by atoms with Crippen LogP contribution in [-0.4, -0.2) is 37.0 Å². The molecule has 2 heterocycles. The molecule has 2 saturated heterocycles. The number of amides is 1. The third kappa shape index (κ3) is 3.54. The Labute approximate surface area is 156 Å². The molecule has 1 N–H and O–H groups in total. The van der Waals surface area contributed by atoms with E-state index in [1.54, 1.807) is 0 Å². The zero-order chi connectivity index (χ0) is 16.5. The van der Waals surface area contributed by atoms with Crippen LogP contribution in [-0.2, 0) is 4.79 Å². The highest BCUT2D eigenvalue weighted by molar-refractivity contribution is 5.86. The second-order valence-electron chi connectivity index (χ2n) is 7.37. The molecule has 1 amide bonds. The van der Waals surface area contributed by atoms with E-state index >= 15 is 0 Å². The first-order valence-electron chi connectivity index (χ1n) is 9.21. The minimum atomic E-state index is 0. The Morgan fingerprint density at radius 1 is 1.08 bits per heavy atom. The summed E-state index contributed by atoms with van der Waals surface area (Å²) >= 11 is 0. The van der Waals surface area contributed by atoms with Gasteiger partial charge in [0, 0.05) is 19.0 Å². The molecule has 0 bridgehead atoms. The lowest BCUT2D eigenvalue weighted by Crippen LogP contribution is -2.51. The highest BCUT2D eigenvalue weighted by Gasteiger charge is 2.33. The first-order valence-corrected chi connectivity index (χ1v) is 9.21. The number of hydrogen-bond acceptors (Lipinski definition) is 2. The van der Waals surface area contributed by atoms with Crippen molar-refractivity contribution < 1.29 is 4.79 Å². The molecule has 1 unspecified atom stereocenters. The standard InChI is InChI=1S/C21H26N2O.ClH/c1-15(18-13-22-14-18)21(24)23-11-9-17(10-12-23)20-8-4-6-16-5-2-3-7-19(16)20;/h2-8,15,17-18,22H,9-14H2,1H3;1H. The normalized spacial score (nSPS) is 20.0. The van der Waals surface area contributed by atoms with Gasteiger partial charge in [-0.15, -0.1) is 12.4 Å². The summed E-state index contributed by atoms with van der Waals surface area (Å²) in [6.45, 7) is 5.90. The molecule has 2 aromatic carbocycles. The second-order valence-corrected chi connectivity index (χ2v) is 7.37. The van der Waals surface area contributed by atoms with Gasteiger partial charge < -0.3 is 10.2 Å². The molecule has 2 aromatic rings. The van der Waals surface area contributed by atoms with Gasteiger partial charge in [0.15, 0.2) is 0 Å². The summed E-state index contributed by atoms with van der Waals surface area (Å²) in [7, 11) is 0. The summed E-state index contributed by atoms with van der Waals surface area (Å²) in [5, 5.41) is 5.97. The monoisotopic (exact) mass is 358 g/mol. The maximum atomic E-state index is 12.7. The number of likely N-dealkylation sites (tertiary alicyclic amines) is 1. The number of fused-ring (bicyclic) bond motifs is 1. The molecule has 2 fully saturated rings. The van der Waals surface area contributed by atoms with E-state index in [4.69, 9.17) is 0 Å². The molecule has 0 aliphatic carbocycles. The van der Waals surface area contributed by atoms with E-state index < -0.39 is 0 Å². The van der Waals surface area contributed by atoms with Crippen molar-refractivity contribution in [2.45, 2.75) is 25.7 Å². The Balaban J connectivity index is 0.00000182. The van der Waals surface area contributed by atoms with Gasteiger partial charge in [-0.3, -0.25) is 4.79 Å². The lowest BCUT2D eigenvalue weighted by Gasteiger charge is -2.38. The van der Waals surface area contributed by atoms with Crippen molar-refractivity contribution in [3.8, 4) is 0 Å². The highest BCUT2D eigenvalue weighted by Crippen LogP contribution is 2.33. The topological polar surface area (TPSA) is 32.3 Å². The Hall–Kier alpha value is -1.58. The van der Waals surface area contributed by atoms with Crippen LogP contribution < -0.4 is 5.32 Å². The Morgan fingerprint density at radius 3 is 2.44 bits per heavy atom. The van der Waals surface area contributed by atoms with Crippen LogP contribution in [0.4, 0.5) is 0 Å². The van der Waals surface area contributed by atoms with Gasteiger partial charge in [0.1, 0.15) is 0 Å².